The smallest absolute Gasteiger partial charge is 0.341 e. The van der Waals surface area contributed by atoms with E-state index in [9.17, 15) is 19.2 Å². The van der Waals surface area contributed by atoms with Crippen LogP contribution in [0.15, 0.2) is 9.59 Å². The molecule has 0 bridgehead atoms. The second kappa shape index (κ2) is 6.67. The summed E-state index contributed by atoms with van der Waals surface area (Å²) in [7, 11) is 0. The molecule has 0 unspecified atom stereocenters. The molecule has 1 fully saturated rings. The largest absolute Gasteiger partial charge is 0.416 e. The Hall–Kier alpha value is -2.58. The number of anilines is 1. The van der Waals surface area contributed by atoms with E-state index >= 15 is 0 Å². The molecule has 0 radical (unpaired) electrons. The molecule has 0 atom stereocenters. The first kappa shape index (κ1) is 16.8. The van der Waals surface area contributed by atoms with E-state index in [1.807, 2.05) is 0 Å². The number of rotatable bonds is 4. The zero-order chi connectivity index (χ0) is 17.1. The molecular weight excluding hydrogens is 304 g/mol. The van der Waals surface area contributed by atoms with Gasteiger partial charge in [-0.05, 0) is 19.3 Å². The third-order valence-corrected chi connectivity index (χ3v) is 3.89. The number of hydrogen-bond donors (Lipinski definition) is 2. The second-order valence-corrected chi connectivity index (χ2v) is 5.53. The van der Waals surface area contributed by atoms with Gasteiger partial charge >= 0.3 is 23.2 Å². The molecule has 2 rings (SSSR count). The van der Waals surface area contributed by atoms with Gasteiger partial charge in [-0.3, -0.25) is 14.2 Å². The number of esters is 1. The van der Waals surface area contributed by atoms with Crippen LogP contribution in [0.2, 0.25) is 0 Å². The lowest BCUT2D eigenvalue weighted by Crippen LogP contribution is -2.46. The van der Waals surface area contributed by atoms with Crippen molar-refractivity contribution in [2.45, 2.75) is 45.6 Å². The van der Waals surface area contributed by atoms with Gasteiger partial charge in [0.2, 0.25) is 5.75 Å². The van der Waals surface area contributed by atoms with E-state index in [0.717, 1.165) is 17.4 Å². The van der Waals surface area contributed by atoms with Crippen LogP contribution in [0, 0.1) is 5.92 Å². The van der Waals surface area contributed by atoms with Gasteiger partial charge < -0.3 is 16.2 Å². The molecule has 0 aromatic carbocycles. The Morgan fingerprint density at radius 1 is 1.26 bits per heavy atom. The predicted octanol–water partition coefficient (Wildman–Crippen LogP) is 0.0246. The SMILES string of the molecule is CCCn1c(=O)c(OC(=O)C2CCCC2)c(N)n(C(N)=O)c1=O. The van der Waals surface area contributed by atoms with Crippen molar-refractivity contribution in [2.24, 2.45) is 11.7 Å². The van der Waals surface area contributed by atoms with Crippen molar-refractivity contribution in [1.82, 2.24) is 9.13 Å². The number of nitrogens with zero attached hydrogens (tertiary/aromatic N) is 2. The minimum atomic E-state index is -1.14. The van der Waals surface area contributed by atoms with Crippen molar-refractivity contribution in [1.29, 1.82) is 0 Å². The summed E-state index contributed by atoms with van der Waals surface area (Å²) in [6.07, 6.45) is 3.65. The van der Waals surface area contributed by atoms with Crippen molar-refractivity contribution < 1.29 is 14.3 Å². The van der Waals surface area contributed by atoms with Crippen LogP contribution < -0.4 is 27.5 Å². The molecule has 0 spiro atoms. The summed E-state index contributed by atoms with van der Waals surface area (Å²) in [5.74, 6) is -1.95. The Bertz CT molecular complexity index is 743. The number of nitrogens with two attached hydrogens (primary N) is 2. The Kier molecular flexibility index (Phi) is 4.87. The highest BCUT2D eigenvalue weighted by molar-refractivity contribution is 5.81. The molecule has 1 saturated carbocycles. The number of primary amides is 1. The normalized spacial score (nSPS) is 14.8. The molecule has 4 N–H and O–H groups in total. The summed E-state index contributed by atoms with van der Waals surface area (Å²) in [4.78, 5) is 48.1. The lowest BCUT2D eigenvalue weighted by Gasteiger charge is -2.15. The molecule has 23 heavy (non-hydrogen) atoms. The molecule has 0 aliphatic heterocycles. The minimum absolute atomic E-state index is 0.0548. The van der Waals surface area contributed by atoms with Gasteiger partial charge in [-0.1, -0.05) is 19.8 Å². The fourth-order valence-electron chi connectivity index (χ4n) is 2.72. The van der Waals surface area contributed by atoms with E-state index in [2.05, 4.69) is 0 Å². The molecule has 1 aromatic rings. The van der Waals surface area contributed by atoms with Crippen LogP contribution in [0.4, 0.5) is 10.6 Å². The average Bonchev–Trinajstić information content (AvgIpc) is 3.02. The highest BCUT2D eigenvalue weighted by Gasteiger charge is 2.28. The number of carbonyl (C=O) groups excluding carboxylic acids is 2. The highest BCUT2D eigenvalue weighted by atomic mass is 16.5. The van der Waals surface area contributed by atoms with Crippen molar-refractivity contribution >= 4 is 17.8 Å². The molecule has 9 heteroatoms. The van der Waals surface area contributed by atoms with E-state index < -0.39 is 34.8 Å². The lowest BCUT2D eigenvalue weighted by atomic mass is 10.1. The van der Waals surface area contributed by atoms with E-state index in [1.54, 1.807) is 6.92 Å². The second-order valence-electron chi connectivity index (χ2n) is 5.53. The third kappa shape index (κ3) is 3.13. The fourth-order valence-corrected chi connectivity index (χ4v) is 2.72. The number of aromatic nitrogens is 2. The number of ether oxygens (including phenoxy) is 1. The summed E-state index contributed by atoms with van der Waals surface area (Å²) in [6, 6.07) is -1.14. The molecule has 0 saturated heterocycles. The number of amides is 1. The Morgan fingerprint density at radius 3 is 2.39 bits per heavy atom. The van der Waals surface area contributed by atoms with Crippen LogP contribution in [-0.4, -0.2) is 21.1 Å². The molecule has 1 amide bonds. The van der Waals surface area contributed by atoms with Crippen LogP contribution in [0.5, 0.6) is 5.75 Å². The average molecular weight is 324 g/mol. The number of nitrogen functional groups attached to an aromatic ring is 1. The van der Waals surface area contributed by atoms with Crippen molar-refractivity contribution in [2.75, 3.05) is 5.73 Å². The van der Waals surface area contributed by atoms with Crippen molar-refractivity contribution in [3.63, 3.8) is 0 Å². The van der Waals surface area contributed by atoms with E-state index in [0.29, 0.717) is 23.8 Å². The van der Waals surface area contributed by atoms with Gasteiger partial charge in [0.25, 0.3) is 0 Å². The molecule has 1 aliphatic rings. The summed E-state index contributed by atoms with van der Waals surface area (Å²) >= 11 is 0. The van der Waals surface area contributed by atoms with Gasteiger partial charge in [0.05, 0.1) is 5.92 Å². The highest BCUT2D eigenvalue weighted by Crippen LogP contribution is 2.27. The van der Waals surface area contributed by atoms with Crippen LogP contribution in [0.25, 0.3) is 0 Å². The van der Waals surface area contributed by atoms with Gasteiger partial charge in [0.15, 0.2) is 5.82 Å². The molecule has 126 valence electrons. The first-order valence-electron chi connectivity index (χ1n) is 7.55. The number of hydrogen-bond acceptors (Lipinski definition) is 6. The van der Waals surface area contributed by atoms with Crippen LogP contribution >= 0.6 is 0 Å². The standard InChI is InChI=1S/C14H20N4O5/c1-2-7-17-11(19)9(10(15)18(13(16)21)14(17)22)23-12(20)8-5-3-4-6-8/h8H,2-7,15H2,1H3,(H2,16,21). The monoisotopic (exact) mass is 324 g/mol. The van der Waals surface area contributed by atoms with Crippen molar-refractivity contribution in [3.05, 3.63) is 20.8 Å². The van der Waals surface area contributed by atoms with Crippen LogP contribution in [0.1, 0.15) is 39.0 Å². The van der Waals surface area contributed by atoms with Gasteiger partial charge in [0.1, 0.15) is 0 Å². The van der Waals surface area contributed by atoms with Gasteiger partial charge in [0, 0.05) is 6.54 Å². The zero-order valence-corrected chi connectivity index (χ0v) is 12.9. The lowest BCUT2D eigenvalue weighted by molar-refractivity contribution is -0.138. The van der Waals surface area contributed by atoms with E-state index in [4.69, 9.17) is 16.2 Å². The third-order valence-electron chi connectivity index (χ3n) is 3.89. The van der Waals surface area contributed by atoms with E-state index in [1.165, 1.54) is 0 Å². The summed E-state index contributed by atoms with van der Waals surface area (Å²) in [5, 5.41) is 0. The van der Waals surface area contributed by atoms with E-state index in [-0.39, 0.29) is 12.5 Å². The Balaban J connectivity index is 2.53. The summed E-state index contributed by atoms with van der Waals surface area (Å²) in [5.41, 5.74) is 9.03. The Labute approximate surface area is 131 Å². The topological polar surface area (TPSA) is 139 Å². The molecule has 1 heterocycles. The van der Waals surface area contributed by atoms with Crippen molar-refractivity contribution in [3.8, 4) is 5.75 Å². The Morgan fingerprint density at radius 2 is 1.87 bits per heavy atom. The molecule has 1 aromatic heterocycles. The first-order chi connectivity index (χ1) is 10.9. The predicted molar refractivity (Wildman–Crippen MR) is 82.2 cm³/mol. The van der Waals surface area contributed by atoms with Crippen LogP contribution in [0.3, 0.4) is 0 Å². The summed E-state index contributed by atoms with van der Waals surface area (Å²) < 4.78 is 6.36. The van der Waals surface area contributed by atoms with Gasteiger partial charge in [-0.2, -0.15) is 4.57 Å². The maximum Gasteiger partial charge on any atom is 0.341 e. The number of carbonyl (C=O) groups is 2. The molecular formula is C14H20N4O5. The maximum absolute atomic E-state index is 12.4. The minimum Gasteiger partial charge on any atom is -0.416 e. The fraction of sp³-hybridized carbons (Fsp3) is 0.571. The summed E-state index contributed by atoms with van der Waals surface area (Å²) in [6.45, 7) is 1.81. The van der Waals surface area contributed by atoms with Crippen LogP contribution in [-0.2, 0) is 11.3 Å². The zero-order valence-electron chi connectivity index (χ0n) is 12.9. The molecule has 9 nitrogen and oxygen atoms in total. The molecule has 1 aliphatic carbocycles. The van der Waals surface area contributed by atoms with Gasteiger partial charge in [-0.25, -0.2) is 9.59 Å². The maximum atomic E-state index is 12.4. The first-order valence-corrected chi connectivity index (χ1v) is 7.55. The quantitative estimate of drug-likeness (QED) is 0.749. The van der Waals surface area contributed by atoms with Gasteiger partial charge in [-0.15, -0.1) is 0 Å².